The van der Waals surface area contributed by atoms with Crippen molar-refractivity contribution in [3.8, 4) is 33.4 Å². The highest BCUT2D eigenvalue weighted by molar-refractivity contribution is 5.95. The second-order valence-corrected chi connectivity index (χ2v) is 20.4. The fourth-order valence-electron chi connectivity index (χ4n) is 10.5. The molecule has 1 nitrogen and oxygen atoms in total. The predicted molar refractivity (Wildman–Crippen MR) is 240 cm³/mol. The van der Waals surface area contributed by atoms with E-state index in [-0.39, 0.29) is 27.1 Å². The zero-order valence-electron chi connectivity index (χ0n) is 35.4. The van der Waals surface area contributed by atoms with Gasteiger partial charge in [0.05, 0.1) is 5.69 Å². The quantitative estimate of drug-likeness (QED) is 0.171. The second kappa shape index (κ2) is 12.6. The molecule has 0 spiro atoms. The molecule has 9 rings (SSSR count). The van der Waals surface area contributed by atoms with Crippen molar-refractivity contribution < 1.29 is 0 Å². The standard InChI is InChI=1S/C55H59N/c1-51(2)27-29-53(5,6)48-32-37(23-25-45(48)51)36-17-16-20-40(31-36)56(39-18-12-11-13-19-39)50-35-47-43(41-21-14-15-22-44(41)55(47,9)10)34-42(50)38-24-26-46-49(33-38)54(7,8)30-28-52(46,3)4/h11-26,31-35H,27-30H2,1-10H3. The van der Waals surface area contributed by atoms with Gasteiger partial charge in [0, 0.05) is 22.4 Å². The summed E-state index contributed by atoms with van der Waals surface area (Å²) < 4.78 is 0. The molecule has 0 heterocycles. The van der Waals surface area contributed by atoms with E-state index in [1.54, 1.807) is 0 Å². The fourth-order valence-corrected chi connectivity index (χ4v) is 10.5. The molecular weight excluding hydrogens is 675 g/mol. The van der Waals surface area contributed by atoms with Gasteiger partial charge in [-0.15, -0.1) is 0 Å². The molecule has 56 heavy (non-hydrogen) atoms. The molecule has 0 unspecified atom stereocenters. The Balaban J connectivity index is 1.28. The topological polar surface area (TPSA) is 3.24 Å². The Kier molecular flexibility index (Phi) is 8.24. The Labute approximate surface area is 336 Å². The van der Waals surface area contributed by atoms with E-state index in [0.29, 0.717) is 0 Å². The molecule has 3 aliphatic carbocycles. The summed E-state index contributed by atoms with van der Waals surface area (Å²) in [5.41, 5.74) is 20.6. The van der Waals surface area contributed by atoms with Crippen LogP contribution in [0.15, 0.2) is 127 Å². The molecule has 1 heteroatoms. The Hall–Kier alpha value is -4.88. The predicted octanol–water partition coefficient (Wildman–Crippen LogP) is 15.5. The molecule has 0 aliphatic heterocycles. The minimum absolute atomic E-state index is 0.110. The Bertz CT molecular complexity index is 2510. The van der Waals surface area contributed by atoms with Crippen molar-refractivity contribution in [2.45, 2.75) is 122 Å². The van der Waals surface area contributed by atoms with E-state index in [9.17, 15) is 0 Å². The van der Waals surface area contributed by atoms with Gasteiger partial charge in [0.25, 0.3) is 0 Å². The monoisotopic (exact) mass is 733 g/mol. The molecule has 0 saturated carbocycles. The van der Waals surface area contributed by atoms with Crippen LogP contribution in [0, 0.1) is 0 Å². The van der Waals surface area contributed by atoms with Gasteiger partial charge >= 0.3 is 0 Å². The summed E-state index contributed by atoms with van der Waals surface area (Å²) in [7, 11) is 0. The molecule has 0 aromatic heterocycles. The smallest absolute Gasteiger partial charge is 0.0543 e. The van der Waals surface area contributed by atoms with Crippen molar-refractivity contribution in [1.82, 2.24) is 0 Å². The Morgan fingerprint density at radius 2 is 0.857 bits per heavy atom. The van der Waals surface area contributed by atoms with E-state index in [4.69, 9.17) is 0 Å². The van der Waals surface area contributed by atoms with Crippen LogP contribution in [0.4, 0.5) is 17.1 Å². The van der Waals surface area contributed by atoms with E-state index in [0.717, 1.165) is 5.69 Å². The van der Waals surface area contributed by atoms with Crippen molar-refractivity contribution in [1.29, 1.82) is 0 Å². The molecule has 0 bridgehead atoms. The lowest BCUT2D eigenvalue weighted by molar-refractivity contribution is 0.332. The van der Waals surface area contributed by atoms with Crippen molar-refractivity contribution >= 4 is 17.1 Å². The van der Waals surface area contributed by atoms with Gasteiger partial charge in [-0.05, 0) is 145 Å². The summed E-state index contributed by atoms with van der Waals surface area (Å²) in [6.07, 6.45) is 4.82. The van der Waals surface area contributed by atoms with E-state index in [1.807, 2.05) is 0 Å². The lowest BCUT2D eigenvalue weighted by Gasteiger charge is -2.42. The number of fused-ring (bicyclic) bond motifs is 5. The highest BCUT2D eigenvalue weighted by Gasteiger charge is 2.40. The van der Waals surface area contributed by atoms with Gasteiger partial charge in [0.1, 0.15) is 0 Å². The zero-order chi connectivity index (χ0) is 39.4. The number of anilines is 3. The average Bonchev–Trinajstić information content (AvgIpc) is 3.41. The van der Waals surface area contributed by atoms with Crippen molar-refractivity contribution in [3.63, 3.8) is 0 Å². The minimum atomic E-state index is -0.130. The van der Waals surface area contributed by atoms with Crippen LogP contribution in [0.3, 0.4) is 0 Å². The van der Waals surface area contributed by atoms with Gasteiger partial charge in [0.2, 0.25) is 0 Å². The van der Waals surface area contributed by atoms with Crippen LogP contribution in [0.5, 0.6) is 0 Å². The molecule has 0 amide bonds. The summed E-state index contributed by atoms with van der Waals surface area (Å²) in [4.78, 5) is 2.53. The summed E-state index contributed by atoms with van der Waals surface area (Å²) >= 11 is 0. The minimum Gasteiger partial charge on any atom is -0.310 e. The molecule has 0 atom stereocenters. The molecule has 0 saturated heterocycles. The van der Waals surface area contributed by atoms with Crippen LogP contribution in [-0.2, 0) is 27.1 Å². The molecule has 284 valence electrons. The van der Waals surface area contributed by atoms with E-state index < -0.39 is 0 Å². The number of benzene rings is 6. The number of hydrogen-bond donors (Lipinski definition) is 0. The normalized spacial score (nSPS) is 19.0. The lowest BCUT2D eigenvalue weighted by Crippen LogP contribution is -2.33. The van der Waals surface area contributed by atoms with E-state index in [1.165, 1.54) is 104 Å². The van der Waals surface area contributed by atoms with Crippen LogP contribution in [0.1, 0.15) is 128 Å². The summed E-state index contributed by atoms with van der Waals surface area (Å²) in [6.45, 7) is 24.2. The number of hydrogen-bond acceptors (Lipinski definition) is 1. The summed E-state index contributed by atoms with van der Waals surface area (Å²) in [5.74, 6) is 0. The van der Waals surface area contributed by atoms with Crippen LogP contribution in [0.2, 0.25) is 0 Å². The van der Waals surface area contributed by atoms with Gasteiger partial charge in [-0.3, -0.25) is 0 Å². The first-order chi connectivity index (χ1) is 26.5. The molecule has 0 N–H and O–H groups in total. The first kappa shape index (κ1) is 36.7. The van der Waals surface area contributed by atoms with Crippen LogP contribution in [0.25, 0.3) is 33.4 Å². The molecule has 0 fully saturated rings. The van der Waals surface area contributed by atoms with Gasteiger partial charge < -0.3 is 4.90 Å². The maximum atomic E-state index is 2.55. The maximum Gasteiger partial charge on any atom is 0.0543 e. The number of para-hydroxylation sites is 1. The molecule has 6 aromatic carbocycles. The fraction of sp³-hybridized carbons (Fsp3) is 0.345. The van der Waals surface area contributed by atoms with Gasteiger partial charge in [-0.1, -0.05) is 160 Å². The van der Waals surface area contributed by atoms with Crippen molar-refractivity contribution in [2.24, 2.45) is 0 Å². The number of nitrogens with zero attached hydrogens (tertiary/aromatic N) is 1. The first-order valence-electron chi connectivity index (χ1n) is 21.0. The van der Waals surface area contributed by atoms with Gasteiger partial charge in [0.15, 0.2) is 0 Å². The average molecular weight is 734 g/mol. The lowest BCUT2D eigenvalue weighted by atomic mass is 9.63. The zero-order valence-corrected chi connectivity index (χ0v) is 35.4. The largest absolute Gasteiger partial charge is 0.310 e. The Morgan fingerprint density at radius 1 is 0.339 bits per heavy atom. The van der Waals surface area contributed by atoms with Crippen LogP contribution < -0.4 is 4.90 Å². The van der Waals surface area contributed by atoms with Gasteiger partial charge in [-0.2, -0.15) is 0 Å². The number of rotatable bonds is 5. The van der Waals surface area contributed by atoms with Crippen LogP contribution >= 0.6 is 0 Å². The maximum absolute atomic E-state index is 2.55. The summed E-state index contributed by atoms with van der Waals surface area (Å²) in [6, 6.07) is 49.1. The third-order valence-corrected chi connectivity index (χ3v) is 14.4. The third-order valence-electron chi connectivity index (χ3n) is 14.4. The van der Waals surface area contributed by atoms with Crippen molar-refractivity contribution in [3.05, 3.63) is 161 Å². The molecular formula is C55H59N. The summed E-state index contributed by atoms with van der Waals surface area (Å²) in [5, 5.41) is 0. The first-order valence-corrected chi connectivity index (χ1v) is 21.0. The van der Waals surface area contributed by atoms with E-state index in [2.05, 4.69) is 202 Å². The molecule has 6 aromatic rings. The highest BCUT2D eigenvalue weighted by Crippen LogP contribution is 2.55. The highest BCUT2D eigenvalue weighted by atomic mass is 15.1. The SMILES string of the molecule is CC1(C)CCC(C)(C)c2cc(-c3cccc(N(c4ccccc4)c4cc5c(cc4-c4ccc6c(c4)C(C)(C)CCC6(C)C)-c4ccccc4C5(C)C)c3)ccc21. The third kappa shape index (κ3) is 5.79. The van der Waals surface area contributed by atoms with Gasteiger partial charge in [-0.25, -0.2) is 0 Å². The molecule has 0 radical (unpaired) electrons. The Morgan fingerprint density at radius 3 is 1.50 bits per heavy atom. The molecule has 3 aliphatic rings. The second-order valence-electron chi connectivity index (χ2n) is 20.4. The van der Waals surface area contributed by atoms with Crippen LogP contribution in [-0.4, -0.2) is 0 Å². The van der Waals surface area contributed by atoms with E-state index >= 15 is 0 Å². The van der Waals surface area contributed by atoms with Crippen molar-refractivity contribution in [2.75, 3.05) is 4.90 Å².